The minimum atomic E-state index is -0.957. The summed E-state index contributed by atoms with van der Waals surface area (Å²) in [4.78, 5) is 12.5. The summed E-state index contributed by atoms with van der Waals surface area (Å²) in [5.74, 6) is -0.0289. The summed E-state index contributed by atoms with van der Waals surface area (Å²) in [7, 11) is 0. The van der Waals surface area contributed by atoms with E-state index < -0.39 is 18.2 Å². The van der Waals surface area contributed by atoms with E-state index in [1.807, 2.05) is 0 Å². The van der Waals surface area contributed by atoms with Gasteiger partial charge in [0.05, 0.1) is 12.1 Å². The highest BCUT2D eigenvalue weighted by molar-refractivity contribution is 5.76. The van der Waals surface area contributed by atoms with Crippen LogP contribution in [0.4, 0.5) is 0 Å². The molecule has 0 aliphatic rings. The van der Waals surface area contributed by atoms with Crippen LogP contribution in [0.5, 0.6) is 0 Å². The average molecular weight is 499 g/mol. The van der Waals surface area contributed by atoms with Crippen molar-refractivity contribution >= 4 is 5.91 Å². The van der Waals surface area contributed by atoms with Crippen molar-refractivity contribution < 1.29 is 15.0 Å². The molecule has 0 aromatic carbocycles. The lowest BCUT2D eigenvalue weighted by molar-refractivity contribution is -0.123. The van der Waals surface area contributed by atoms with Crippen molar-refractivity contribution in [1.29, 1.82) is 0 Å². The maximum Gasteiger partial charge on any atom is 0.220 e. The van der Waals surface area contributed by atoms with Crippen molar-refractivity contribution in [2.75, 3.05) is 6.54 Å². The number of carbonyl (C=O) groups is 1. The fourth-order valence-electron chi connectivity index (χ4n) is 4.47. The van der Waals surface area contributed by atoms with Gasteiger partial charge in [0.1, 0.15) is 6.10 Å². The van der Waals surface area contributed by atoms with Gasteiger partial charge in [-0.2, -0.15) is 0 Å². The number of aliphatic hydroxyl groups is 2. The number of carbonyl (C=O) groups excluding carboxylic acids is 1. The molecule has 4 N–H and O–H groups in total. The van der Waals surface area contributed by atoms with Crippen molar-refractivity contribution in [2.45, 2.75) is 180 Å². The van der Waals surface area contributed by atoms with Gasteiger partial charge in [-0.1, -0.05) is 117 Å². The third-order valence-electron chi connectivity index (χ3n) is 6.87. The molecule has 0 aromatic rings. The Morgan fingerprint density at radius 2 is 1.11 bits per heavy atom. The standard InChI is InChI=1S/C30H62N2O3/c1-6-8-10-12-13-14-15-16-17-18-20-21-23-27(33)29(35)26(25-31-30(3,4)5)32-28(34)24-22-19-11-9-7-2/h26-27,29,31,33,35H,6-25H2,1-5H3,(H,32,34)/t26-,27+,29-/m0/s1. The third-order valence-corrected chi connectivity index (χ3v) is 6.87. The van der Waals surface area contributed by atoms with Crippen LogP contribution in [0.3, 0.4) is 0 Å². The molecule has 0 unspecified atom stereocenters. The summed E-state index contributed by atoms with van der Waals surface area (Å²) in [6, 6.07) is -0.482. The highest BCUT2D eigenvalue weighted by Gasteiger charge is 2.28. The van der Waals surface area contributed by atoms with Crippen LogP contribution in [0, 0.1) is 0 Å². The molecule has 0 heterocycles. The van der Waals surface area contributed by atoms with Crippen LogP contribution in [0.1, 0.15) is 157 Å². The molecule has 0 radical (unpaired) electrons. The summed E-state index contributed by atoms with van der Waals surface area (Å²) in [5.41, 5.74) is -0.122. The second kappa shape index (κ2) is 22.5. The first-order valence-electron chi connectivity index (χ1n) is 15.1. The van der Waals surface area contributed by atoms with E-state index in [0.717, 1.165) is 25.7 Å². The van der Waals surface area contributed by atoms with Crippen LogP contribution in [0.15, 0.2) is 0 Å². The van der Waals surface area contributed by atoms with Crippen LogP contribution in [0.25, 0.3) is 0 Å². The van der Waals surface area contributed by atoms with E-state index in [-0.39, 0.29) is 11.4 Å². The Kier molecular flexibility index (Phi) is 22.1. The molecular formula is C30H62N2O3. The SMILES string of the molecule is CCCCCCCCCCCCCC[C@@H](O)[C@@H](O)[C@H](CNC(C)(C)C)NC(=O)CCCCCCC. The van der Waals surface area contributed by atoms with E-state index >= 15 is 0 Å². The van der Waals surface area contributed by atoms with E-state index in [0.29, 0.717) is 19.4 Å². The molecule has 0 rings (SSSR count). The normalized spacial score (nSPS) is 14.6. The molecule has 5 nitrogen and oxygen atoms in total. The van der Waals surface area contributed by atoms with Crippen molar-refractivity contribution in [3.63, 3.8) is 0 Å². The van der Waals surface area contributed by atoms with E-state index in [9.17, 15) is 15.0 Å². The lowest BCUT2D eigenvalue weighted by Crippen LogP contribution is -2.55. The molecule has 0 saturated heterocycles. The lowest BCUT2D eigenvalue weighted by atomic mass is 9.98. The Balaban J connectivity index is 4.21. The molecule has 35 heavy (non-hydrogen) atoms. The monoisotopic (exact) mass is 498 g/mol. The summed E-state index contributed by atoms with van der Waals surface area (Å²) in [6.07, 6.45) is 20.1. The van der Waals surface area contributed by atoms with Crippen LogP contribution >= 0.6 is 0 Å². The van der Waals surface area contributed by atoms with Crippen molar-refractivity contribution in [3.05, 3.63) is 0 Å². The van der Waals surface area contributed by atoms with Crippen LogP contribution in [-0.4, -0.2) is 46.5 Å². The van der Waals surface area contributed by atoms with Gasteiger partial charge in [0, 0.05) is 18.5 Å². The first-order valence-corrected chi connectivity index (χ1v) is 15.1. The number of hydrogen-bond donors (Lipinski definition) is 4. The zero-order valence-electron chi connectivity index (χ0n) is 24.2. The van der Waals surface area contributed by atoms with E-state index in [1.165, 1.54) is 83.5 Å². The summed E-state index contributed by atoms with van der Waals surface area (Å²) >= 11 is 0. The molecule has 0 aliphatic carbocycles. The maximum atomic E-state index is 12.5. The molecule has 0 saturated carbocycles. The van der Waals surface area contributed by atoms with E-state index in [4.69, 9.17) is 0 Å². The zero-order chi connectivity index (χ0) is 26.4. The molecule has 3 atom stereocenters. The van der Waals surface area contributed by atoms with Crippen LogP contribution in [-0.2, 0) is 4.79 Å². The Bertz CT molecular complexity index is 479. The van der Waals surface area contributed by atoms with Crippen molar-refractivity contribution in [2.24, 2.45) is 0 Å². The molecule has 5 heteroatoms. The molecule has 0 spiro atoms. The molecule has 0 fully saturated rings. The van der Waals surface area contributed by atoms with Gasteiger partial charge in [0.15, 0.2) is 0 Å². The van der Waals surface area contributed by atoms with Gasteiger partial charge in [-0.05, 0) is 33.6 Å². The summed E-state index contributed by atoms with van der Waals surface area (Å²) in [5, 5.41) is 27.8. The average Bonchev–Trinajstić information content (AvgIpc) is 2.81. The Hall–Kier alpha value is -0.650. The fraction of sp³-hybridized carbons (Fsp3) is 0.967. The van der Waals surface area contributed by atoms with Gasteiger partial charge in [0.25, 0.3) is 0 Å². The van der Waals surface area contributed by atoms with Gasteiger partial charge in [-0.3, -0.25) is 4.79 Å². The second-order valence-electron chi connectivity index (χ2n) is 11.7. The maximum absolute atomic E-state index is 12.5. The van der Waals surface area contributed by atoms with Crippen LogP contribution < -0.4 is 10.6 Å². The number of hydrogen-bond acceptors (Lipinski definition) is 4. The molecule has 0 aliphatic heterocycles. The molecule has 0 aromatic heterocycles. The fourth-order valence-corrected chi connectivity index (χ4v) is 4.47. The number of amides is 1. The predicted octanol–water partition coefficient (Wildman–Crippen LogP) is 7.03. The lowest BCUT2D eigenvalue weighted by Gasteiger charge is -2.31. The van der Waals surface area contributed by atoms with Gasteiger partial charge in [-0.25, -0.2) is 0 Å². The van der Waals surface area contributed by atoms with Gasteiger partial charge >= 0.3 is 0 Å². The number of nitrogens with one attached hydrogen (secondary N) is 2. The Morgan fingerprint density at radius 1 is 0.686 bits per heavy atom. The molecular weight excluding hydrogens is 436 g/mol. The predicted molar refractivity (Wildman–Crippen MR) is 151 cm³/mol. The number of rotatable bonds is 24. The highest BCUT2D eigenvalue weighted by atomic mass is 16.3. The van der Waals surface area contributed by atoms with E-state index in [2.05, 4.69) is 45.3 Å². The molecule has 210 valence electrons. The summed E-state index contributed by atoms with van der Waals surface area (Å²) in [6.45, 7) is 11.1. The quantitative estimate of drug-likeness (QED) is 0.108. The smallest absolute Gasteiger partial charge is 0.220 e. The Morgan fingerprint density at radius 3 is 1.57 bits per heavy atom. The largest absolute Gasteiger partial charge is 0.390 e. The van der Waals surface area contributed by atoms with Gasteiger partial charge in [0.2, 0.25) is 5.91 Å². The number of unbranched alkanes of at least 4 members (excludes halogenated alkanes) is 15. The Labute approximate surface area is 218 Å². The zero-order valence-corrected chi connectivity index (χ0v) is 24.2. The summed E-state index contributed by atoms with van der Waals surface area (Å²) < 4.78 is 0. The minimum absolute atomic E-state index is 0.0289. The number of aliphatic hydroxyl groups excluding tert-OH is 2. The third kappa shape index (κ3) is 22.3. The highest BCUT2D eigenvalue weighted by Crippen LogP contribution is 2.15. The van der Waals surface area contributed by atoms with Crippen LogP contribution in [0.2, 0.25) is 0 Å². The van der Waals surface area contributed by atoms with Crippen molar-refractivity contribution in [1.82, 2.24) is 10.6 Å². The van der Waals surface area contributed by atoms with Gasteiger partial charge < -0.3 is 20.8 Å². The molecule has 0 bridgehead atoms. The van der Waals surface area contributed by atoms with Crippen molar-refractivity contribution in [3.8, 4) is 0 Å². The van der Waals surface area contributed by atoms with E-state index in [1.54, 1.807) is 0 Å². The van der Waals surface area contributed by atoms with Gasteiger partial charge in [-0.15, -0.1) is 0 Å². The first-order chi connectivity index (χ1) is 16.7. The minimum Gasteiger partial charge on any atom is -0.390 e. The molecule has 1 amide bonds. The second-order valence-corrected chi connectivity index (χ2v) is 11.7. The first kappa shape index (κ1) is 34.4. The topological polar surface area (TPSA) is 81.6 Å².